The minimum atomic E-state index is 0.480. The van der Waals surface area contributed by atoms with E-state index in [1.807, 2.05) is 0 Å². The molecule has 0 radical (unpaired) electrons. The predicted molar refractivity (Wildman–Crippen MR) is 68.8 cm³/mol. The van der Waals surface area contributed by atoms with Crippen LogP contribution in [-0.2, 0) is 13.0 Å². The van der Waals surface area contributed by atoms with Crippen LogP contribution >= 0.6 is 0 Å². The normalized spacial score (nSPS) is 16.5. The van der Waals surface area contributed by atoms with Crippen LogP contribution in [0.4, 0.5) is 0 Å². The van der Waals surface area contributed by atoms with E-state index in [0.717, 1.165) is 24.6 Å². The van der Waals surface area contributed by atoms with Crippen LogP contribution in [0.2, 0.25) is 0 Å². The fourth-order valence-electron chi connectivity index (χ4n) is 2.55. The van der Waals surface area contributed by atoms with Crippen molar-refractivity contribution >= 4 is 0 Å². The van der Waals surface area contributed by atoms with E-state index < -0.39 is 0 Å². The van der Waals surface area contributed by atoms with E-state index in [-0.39, 0.29) is 0 Å². The van der Waals surface area contributed by atoms with Gasteiger partial charge in [-0.2, -0.15) is 0 Å². The van der Waals surface area contributed by atoms with Crippen LogP contribution in [0.1, 0.15) is 56.8 Å². The van der Waals surface area contributed by atoms with Gasteiger partial charge in [0.25, 0.3) is 0 Å². The van der Waals surface area contributed by atoms with Gasteiger partial charge < -0.3 is 5.73 Å². The summed E-state index contributed by atoms with van der Waals surface area (Å²) in [6, 6.07) is 0. The van der Waals surface area contributed by atoms with E-state index in [2.05, 4.69) is 28.8 Å². The molecule has 1 aliphatic carbocycles. The van der Waals surface area contributed by atoms with Crippen molar-refractivity contribution in [3.8, 4) is 0 Å². The fraction of sp³-hybridized carbons (Fsp3) is 0.846. The molecule has 0 unspecified atom stereocenters. The minimum Gasteiger partial charge on any atom is -0.330 e. The molecule has 17 heavy (non-hydrogen) atoms. The maximum atomic E-state index is 5.61. The van der Waals surface area contributed by atoms with Crippen molar-refractivity contribution in [1.29, 1.82) is 0 Å². The van der Waals surface area contributed by atoms with Gasteiger partial charge in [-0.05, 0) is 24.8 Å². The van der Waals surface area contributed by atoms with Crippen molar-refractivity contribution in [3.05, 3.63) is 11.4 Å². The Morgan fingerprint density at radius 3 is 2.71 bits per heavy atom. The zero-order valence-electron chi connectivity index (χ0n) is 11.0. The zero-order valence-corrected chi connectivity index (χ0v) is 11.0. The first-order chi connectivity index (χ1) is 8.22. The lowest BCUT2D eigenvalue weighted by Crippen LogP contribution is -2.16. The number of nitrogens with two attached hydrogens (primary N) is 1. The van der Waals surface area contributed by atoms with Crippen LogP contribution in [0.25, 0.3) is 0 Å². The molecule has 96 valence electrons. The van der Waals surface area contributed by atoms with Crippen LogP contribution in [0.15, 0.2) is 0 Å². The molecule has 1 heterocycles. The molecule has 0 spiro atoms. The monoisotopic (exact) mass is 236 g/mol. The van der Waals surface area contributed by atoms with E-state index in [4.69, 9.17) is 5.73 Å². The third kappa shape index (κ3) is 2.86. The molecule has 2 rings (SSSR count). The molecule has 0 bridgehead atoms. The van der Waals surface area contributed by atoms with E-state index in [9.17, 15) is 0 Å². The van der Waals surface area contributed by atoms with Crippen LogP contribution < -0.4 is 5.73 Å². The molecule has 4 heteroatoms. The maximum Gasteiger partial charge on any atom is 0.0874 e. The Bertz CT molecular complexity index is 352. The first-order valence-corrected chi connectivity index (χ1v) is 6.84. The molecule has 1 aromatic heterocycles. The summed E-state index contributed by atoms with van der Waals surface area (Å²) >= 11 is 0. The molecule has 0 amide bonds. The summed E-state index contributed by atoms with van der Waals surface area (Å²) in [7, 11) is 0. The highest BCUT2D eigenvalue weighted by molar-refractivity contribution is 5.14. The predicted octanol–water partition coefficient (Wildman–Crippen LogP) is 2.09. The average Bonchev–Trinajstić information content (AvgIpc) is 2.59. The molecule has 2 N–H and O–H groups in total. The number of aromatic nitrogens is 3. The SMILES string of the molecule is CC(C)c1c(CCN)nnn1CCC1CCC1. The van der Waals surface area contributed by atoms with Gasteiger partial charge in [0.05, 0.1) is 11.4 Å². The summed E-state index contributed by atoms with van der Waals surface area (Å²) in [6.45, 7) is 6.09. The number of nitrogens with zero attached hydrogens (tertiary/aromatic N) is 3. The largest absolute Gasteiger partial charge is 0.330 e. The summed E-state index contributed by atoms with van der Waals surface area (Å²) in [4.78, 5) is 0. The van der Waals surface area contributed by atoms with Gasteiger partial charge in [-0.3, -0.25) is 0 Å². The van der Waals surface area contributed by atoms with Crippen molar-refractivity contribution in [1.82, 2.24) is 15.0 Å². The smallest absolute Gasteiger partial charge is 0.0874 e. The van der Waals surface area contributed by atoms with Gasteiger partial charge in [-0.25, -0.2) is 4.68 Å². The van der Waals surface area contributed by atoms with Gasteiger partial charge in [0.15, 0.2) is 0 Å². The molecule has 4 nitrogen and oxygen atoms in total. The first-order valence-electron chi connectivity index (χ1n) is 6.84. The lowest BCUT2D eigenvalue weighted by molar-refractivity contribution is 0.275. The third-order valence-corrected chi connectivity index (χ3v) is 3.75. The second kappa shape index (κ2) is 5.63. The summed E-state index contributed by atoms with van der Waals surface area (Å²) < 4.78 is 2.11. The quantitative estimate of drug-likeness (QED) is 0.823. The Morgan fingerprint density at radius 2 is 2.18 bits per heavy atom. The molecule has 0 aliphatic heterocycles. The minimum absolute atomic E-state index is 0.480. The topological polar surface area (TPSA) is 56.7 Å². The van der Waals surface area contributed by atoms with Crippen LogP contribution in [0, 0.1) is 5.92 Å². The molecule has 0 atom stereocenters. The molecular weight excluding hydrogens is 212 g/mol. The van der Waals surface area contributed by atoms with Gasteiger partial charge >= 0.3 is 0 Å². The van der Waals surface area contributed by atoms with Crippen molar-refractivity contribution in [2.75, 3.05) is 6.54 Å². The van der Waals surface area contributed by atoms with Gasteiger partial charge in [0.2, 0.25) is 0 Å². The van der Waals surface area contributed by atoms with Crippen LogP contribution in [-0.4, -0.2) is 21.5 Å². The van der Waals surface area contributed by atoms with Crippen molar-refractivity contribution in [3.63, 3.8) is 0 Å². The highest BCUT2D eigenvalue weighted by Crippen LogP contribution is 2.30. The Hall–Kier alpha value is -0.900. The number of hydrogen-bond acceptors (Lipinski definition) is 3. The van der Waals surface area contributed by atoms with Gasteiger partial charge in [0, 0.05) is 13.0 Å². The Balaban J connectivity index is 2.03. The molecule has 0 saturated heterocycles. The van der Waals surface area contributed by atoms with Crippen LogP contribution in [0.5, 0.6) is 0 Å². The second-order valence-electron chi connectivity index (χ2n) is 5.42. The zero-order chi connectivity index (χ0) is 12.3. The van der Waals surface area contributed by atoms with Crippen molar-refractivity contribution < 1.29 is 0 Å². The highest BCUT2D eigenvalue weighted by atomic mass is 15.4. The van der Waals surface area contributed by atoms with Gasteiger partial charge in [-0.15, -0.1) is 5.10 Å². The maximum absolute atomic E-state index is 5.61. The van der Waals surface area contributed by atoms with Gasteiger partial charge in [-0.1, -0.05) is 38.3 Å². The number of rotatable bonds is 6. The average molecular weight is 236 g/mol. The Labute approximate surface area is 104 Å². The van der Waals surface area contributed by atoms with E-state index >= 15 is 0 Å². The standard InChI is InChI=1S/C13H24N4/c1-10(2)13-12(6-8-14)15-16-17(13)9-7-11-4-3-5-11/h10-11H,3-9,14H2,1-2H3. The molecule has 0 aromatic carbocycles. The van der Waals surface area contributed by atoms with E-state index in [1.165, 1.54) is 31.4 Å². The van der Waals surface area contributed by atoms with E-state index in [0.29, 0.717) is 12.5 Å². The molecule has 1 aliphatic rings. The third-order valence-electron chi connectivity index (χ3n) is 3.75. The summed E-state index contributed by atoms with van der Waals surface area (Å²) in [5.74, 6) is 1.41. The fourth-order valence-corrected chi connectivity index (χ4v) is 2.55. The van der Waals surface area contributed by atoms with E-state index in [1.54, 1.807) is 0 Å². The first kappa shape index (κ1) is 12.6. The molecular formula is C13H24N4. The highest BCUT2D eigenvalue weighted by Gasteiger charge is 2.20. The molecule has 1 saturated carbocycles. The van der Waals surface area contributed by atoms with Crippen LogP contribution in [0.3, 0.4) is 0 Å². The van der Waals surface area contributed by atoms with Crippen molar-refractivity contribution in [2.24, 2.45) is 11.7 Å². The number of aryl methyl sites for hydroxylation is 1. The van der Waals surface area contributed by atoms with Crippen molar-refractivity contribution in [2.45, 2.75) is 58.4 Å². The second-order valence-corrected chi connectivity index (χ2v) is 5.42. The van der Waals surface area contributed by atoms with Gasteiger partial charge in [0.1, 0.15) is 0 Å². The summed E-state index contributed by atoms with van der Waals surface area (Å²) in [5, 5.41) is 8.58. The Kier molecular flexibility index (Phi) is 4.15. The lowest BCUT2D eigenvalue weighted by atomic mass is 9.83. The number of hydrogen-bond donors (Lipinski definition) is 1. The lowest BCUT2D eigenvalue weighted by Gasteiger charge is -2.25. The molecule has 1 aromatic rings. The summed E-state index contributed by atoms with van der Waals surface area (Å²) in [6.07, 6.45) is 6.32. The summed E-state index contributed by atoms with van der Waals surface area (Å²) in [5.41, 5.74) is 8.00. The molecule has 1 fully saturated rings. The Morgan fingerprint density at radius 1 is 1.41 bits per heavy atom.